The van der Waals surface area contributed by atoms with Gasteiger partial charge in [0, 0.05) is 30.4 Å². The summed E-state index contributed by atoms with van der Waals surface area (Å²) in [7, 11) is 0. The van der Waals surface area contributed by atoms with Crippen molar-refractivity contribution in [3.63, 3.8) is 0 Å². The van der Waals surface area contributed by atoms with Crippen LogP contribution in [0.25, 0.3) is 21.9 Å². The molecule has 2 heterocycles. The summed E-state index contributed by atoms with van der Waals surface area (Å²) in [5.41, 5.74) is 0.164. The Morgan fingerprint density at radius 2 is 1.95 bits per heavy atom. The molecule has 2 aromatic carbocycles. The number of amides is 1. The van der Waals surface area contributed by atoms with E-state index in [4.69, 9.17) is 16.3 Å². The lowest BCUT2D eigenvalue weighted by molar-refractivity contribution is -0.164. The number of carbonyl (C=O) groups is 2. The molecular formula is C28H28ClFN2O5. The first kappa shape index (κ1) is 25.3. The van der Waals surface area contributed by atoms with Gasteiger partial charge >= 0.3 is 5.97 Å². The van der Waals surface area contributed by atoms with Crippen molar-refractivity contribution in [1.82, 2.24) is 9.88 Å². The van der Waals surface area contributed by atoms with Crippen LogP contribution in [-0.4, -0.2) is 46.1 Å². The molecule has 2 aliphatic rings. The maximum absolute atomic E-state index is 13.5. The number of pyridine rings is 1. The highest BCUT2D eigenvalue weighted by molar-refractivity contribution is 6.33. The predicted octanol–water partition coefficient (Wildman–Crippen LogP) is 5.25. The molecule has 1 aliphatic carbocycles. The Kier molecular flexibility index (Phi) is 6.70. The number of likely N-dealkylation sites (tertiary alicyclic amines) is 1. The largest absolute Gasteiger partial charge is 0.481 e. The number of nitrogens with zero attached hydrogens (tertiary/aromatic N) is 1. The molecule has 2 fully saturated rings. The van der Waals surface area contributed by atoms with Gasteiger partial charge in [-0.15, -0.1) is 0 Å². The molecule has 5 rings (SSSR count). The molecule has 37 heavy (non-hydrogen) atoms. The topological polar surface area (TPSA) is 99.7 Å². The summed E-state index contributed by atoms with van der Waals surface area (Å²) in [5.74, 6) is -1.12. The first-order chi connectivity index (χ1) is 17.7. The quantitative estimate of drug-likeness (QED) is 0.457. The SMILES string of the molecule is C[C@@H](Oc1ccc2c(-c3ccc(F)cc3Cl)c[nH]c(=O)c2c1)C(=O)N1CCC[C@@H](C2(C(=O)O)CCC2)C1. The average molecular weight is 527 g/mol. The molecule has 1 aliphatic heterocycles. The van der Waals surface area contributed by atoms with E-state index in [1.54, 1.807) is 36.1 Å². The summed E-state index contributed by atoms with van der Waals surface area (Å²) in [6.07, 6.45) is 4.53. The summed E-state index contributed by atoms with van der Waals surface area (Å²) in [6, 6.07) is 9.05. The second kappa shape index (κ2) is 9.82. The van der Waals surface area contributed by atoms with E-state index in [0.29, 0.717) is 53.6 Å². The summed E-state index contributed by atoms with van der Waals surface area (Å²) in [4.78, 5) is 42.2. The summed E-state index contributed by atoms with van der Waals surface area (Å²) in [6.45, 7) is 2.64. The summed E-state index contributed by atoms with van der Waals surface area (Å²) < 4.78 is 19.5. The summed E-state index contributed by atoms with van der Waals surface area (Å²) in [5, 5.41) is 11.0. The van der Waals surface area contributed by atoms with Crippen LogP contribution in [0.2, 0.25) is 5.02 Å². The fourth-order valence-electron chi connectivity index (χ4n) is 5.74. The highest BCUT2D eigenvalue weighted by atomic mass is 35.5. The lowest BCUT2D eigenvalue weighted by atomic mass is 9.59. The molecule has 0 radical (unpaired) electrons. The van der Waals surface area contributed by atoms with Crippen LogP contribution in [0.15, 0.2) is 47.4 Å². The lowest BCUT2D eigenvalue weighted by Gasteiger charge is -2.48. The van der Waals surface area contributed by atoms with Gasteiger partial charge in [-0.25, -0.2) is 4.39 Å². The number of rotatable bonds is 6. The Morgan fingerprint density at radius 1 is 1.16 bits per heavy atom. The number of ether oxygens (including phenoxy) is 1. The van der Waals surface area contributed by atoms with Crippen molar-refractivity contribution in [2.75, 3.05) is 13.1 Å². The van der Waals surface area contributed by atoms with E-state index in [0.717, 1.165) is 19.3 Å². The molecule has 0 bridgehead atoms. The predicted molar refractivity (Wildman–Crippen MR) is 138 cm³/mol. The van der Waals surface area contributed by atoms with Crippen molar-refractivity contribution >= 4 is 34.2 Å². The van der Waals surface area contributed by atoms with Crippen molar-refractivity contribution in [1.29, 1.82) is 0 Å². The minimum Gasteiger partial charge on any atom is -0.481 e. The number of hydrogen-bond acceptors (Lipinski definition) is 4. The van der Waals surface area contributed by atoms with Crippen molar-refractivity contribution in [2.45, 2.75) is 45.1 Å². The highest BCUT2D eigenvalue weighted by Gasteiger charge is 2.51. The fourth-order valence-corrected chi connectivity index (χ4v) is 6.01. The number of H-pyrrole nitrogens is 1. The van der Waals surface area contributed by atoms with Gasteiger partial charge in [0.15, 0.2) is 6.10 Å². The Balaban J connectivity index is 1.35. The monoisotopic (exact) mass is 526 g/mol. The van der Waals surface area contributed by atoms with Crippen LogP contribution in [-0.2, 0) is 9.59 Å². The summed E-state index contributed by atoms with van der Waals surface area (Å²) >= 11 is 6.25. The van der Waals surface area contributed by atoms with Gasteiger partial charge in [-0.05, 0) is 80.3 Å². The molecule has 0 unspecified atom stereocenters. The number of aromatic amines is 1. The zero-order chi connectivity index (χ0) is 26.3. The van der Waals surface area contributed by atoms with Crippen molar-refractivity contribution in [2.24, 2.45) is 11.3 Å². The maximum atomic E-state index is 13.5. The van der Waals surface area contributed by atoms with Crippen LogP contribution >= 0.6 is 11.6 Å². The Bertz CT molecular complexity index is 1430. The van der Waals surface area contributed by atoms with Crippen LogP contribution in [0.3, 0.4) is 0 Å². The average Bonchev–Trinajstić information content (AvgIpc) is 2.84. The number of aromatic nitrogens is 1. The second-order valence-electron chi connectivity index (χ2n) is 10.1. The van der Waals surface area contributed by atoms with Crippen LogP contribution in [0, 0.1) is 17.2 Å². The third-order valence-electron chi connectivity index (χ3n) is 7.94. The maximum Gasteiger partial charge on any atom is 0.309 e. The number of nitrogens with one attached hydrogen (secondary N) is 1. The van der Waals surface area contributed by atoms with Crippen LogP contribution in [0.1, 0.15) is 39.0 Å². The number of halogens is 2. The van der Waals surface area contributed by atoms with Gasteiger partial charge in [0.25, 0.3) is 11.5 Å². The smallest absolute Gasteiger partial charge is 0.309 e. The standard InChI is InChI=1S/C28H28ClFN2O5/c1-16(26(34)32-11-2-4-17(15-32)28(27(35)36)9-3-10-28)37-19-6-8-20-22(13-19)25(33)31-14-23(20)21-7-5-18(30)12-24(21)29/h5-8,12-14,16-17H,2-4,9-11,15H2,1H3,(H,31,33)(H,35,36)/t16-,17-/m1/s1. The number of hydrogen-bond donors (Lipinski definition) is 2. The number of carboxylic acid groups (broad SMARTS) is 1. The van der Waals surface area contributed by atoms with E-state index in [2.05, 4.69) is 4.98 Å². The number of carboxylic acids is 1. The van der Waals surface area contributed by atoms with E-state index in [9.17, 15) is 23.9 Å². The van der Waals surface area contributed by atoms with Crippen LogP contribution in [0.4, 0.5) is 4.39 Å². The Morgan fingerprint density at radius 3 is 2.62 bits per heavy atom. The minimum atomic E-state index is -0.813. The van der Waals surface area contributed by atoms with E-state index >= 15 is 0 Å². The Hall–Kier alpha value is -3.39. The zero-order valence-corrected chi connectivity index (χ0v) is 21.2. The Labute approximate surface area is 218 Å². The molecule has 2 N–H and O–H groups in total. The van der Waals surface area contributed by atoms with Gasteiger partial charge in [0.05, 0.1) is 15.8 Å². The van der Waals surface area contributed by atoms with E-state index < -0.39 is 23.3 Å². The van der Waals surface area contributed by atoms with Gasteiger partial charge in [-0.3, -0.25) is 14.4 Å². The molecule has 3 aromatic rings. The second-order valence-corrected chi connectivity index (χ2v) is 10.5. The molecule has 1 saturated heterocycles. The van der Waals surface area contributed by atoms with Gasteiger partial charge in [0.1, 0.15) is 11.6 Å². The van der Waals surface area contributed by atoms with Crippen LogP contribution < -0.4 is 10.3 Å². The number of fused-ring (bicyclic) bond motifs is 1. The molecule has 2 atom stereocenters. The molecular weight excluding hydrogens is 499 g/mol. The molecule has 1 aromatic heterocycles. The van der Waals surface area contributed by atoms with Crippen molar-refractivity contribution < 1.29 is 23.8 Å². The van der Waals surface area contributed by atoms with Gasteiger partial charge in [0.2, 0.25) is 0 Å². The first-order valence-electron chi connectivity index (χ1n) is 12.5. The molecule has 1 amide bonds. The normalized spacial score (nSPS) is 19.8. The number of piperidine rings is 1. The molecule has 0 spiro atoms. The third kappa shape index (κ3) is 4.59. The van der Waals surface area contributed by atoms with Gasteiger partial charge in [-0.1, -0.05) is 18.0 Å². The number of benzene rings is 2. The van der Waals surface area contributed by atoms with Crippen molar-refractivity contribution in [3.8, 4) is 16.9 Å². The molecule has 9 heteroatoms. The molecule has 7 nitrogen and oxygen atoms in total. The number of aliphatic carboxylic acids is 1. The van der Waals surface area contributed by atoms with E-state index in [1.165, 1.54) is 18.3 Å². The molecule has 194 valence electrons. The first-order valence-corrected chi connectivity index (χ1v) is 12.9. The van der Waals surface area contributed by atoms with Gasteiger partial charge in [-0.2, -0.15) is 0 Å². The van der Waals surface area contributed by atoms with Crippen LogP contribution in [0.5, 0.6) is 5.75 Å². The zero-order valence-electron chi connectivity index (χ0n) is 20.4. The number of carbonyl (C=O) groups excluding carboxylic acids is 1. The fraction of sp³-hybridized carbons (Fsp3) is 0.393. The third-order valence-corrected chi connectivity index (χ3v) is 8.25. The van der Waals surface area contributed by atoms with Gasteiger partial charge < -0.3 is 19.7 Å². The highest BCUT2D eigenvalue weighted by Crippen LogP contribution is 2.50. The minimum absolute atomic E-state index is 0.0559. The lowest BCUT2D eigenvalue weighted by Crippen LogP contribution is -2.53. The van der Waals surface area contributed by atoms with Crippen molar-refractivity contribution in [3.05, 3.63) is 63.8 Å². The van der Waals surface area contributed by atoms with E-state index in [1.807, 2.05) is 0 Å². The molecule has 1 saturated carbocycles. The van der Waals surface area contributed by atoms with E-state index in [-0.39, 0.29) is 22.4 Å².